The summed E-state index contributed by atoms with van der Waals surface area (Å²) < 4.78 is 4.82. The van der Waals surface area contributed by atoms with Gasteiger partial charge in [0.1, 0.15) is 0 Å². The monoisotopic (exact) mass is 934 g/mol. The number of thiophene rings is 1. The predicted octanol–water partition coefficient (Wildman–Crippen LogP) is 18.2. The Morgan fingerprint density at radius 2 is 0.778 bits per heavy atom. The van der Waals surface area contributed by atoms with Crippen molar-refractivity contribution in [3.63, 3.8) is 0 Å². The van der Waals surface area contributed by atoms with Crippen LogP contribution < -0.4 is 0 Å². The highest BCUT2D eigenvalue weighted by atomic mass is 32.1. The molecule has 5 heteroatoms. The lowest BCUT2D eigenvalue weighted by Gasteiger charge is -2.13. The molecule has 0 fully saturated rings. The number of hydrogen-bond donors (Lipinski definition) is 0. The van der Waals surface area contributed by atoms with Crippen LogP contribution in [-0.4, -0.2) is 19.5 Å². The zero-order valence-corrected chi connectivity index (χ0v) is 39.8. The highest BCUT2D eigenvalue weighted by Gasteiger charge is 2.20. The number of aromatic nitrogens is 4. The Hall–Kier alpha value is -9.29. The van der Waals surface area contributed by atoms with Crippen molar-refractivity contribution in [3.05, 3.63) is 255 Å². The first-order chi connectivity index (χ1) is 35.7. The minimum Gasteiger partial charge on any atom is -0.309 e. The third-order valence-electron chi connectivity index (χ3n) is 14.0. The maximum absolute atomic E-state index is 5.37. The maximum atomic E-state index is 5.37. The Morgan fingerprint density at radius 3 is 1.53 bits per heavy atom. The van der Waals surface area contributed by atoms with Crippen LogP contribution >= 0.6 is 11.3 Å². The molecular formula is C67H42N4S. The van der Waals surface area contributed by atoms with Gasteiger partial charge >= 0.3 is 0 Å². The van der Waals surface area contributed by atoms with Crippen molar-refractivity contribution in [1.82, 2.24) is 19.5 Å². The number of para-hydroxylation sites is 1. The third-order valence-corrected chi connectivity index (χ3v) is 15.2. The van der Waals surface area contributed by atoms with E-state index >= 15 is 0 Å². The number of benzene rings is 11. The van der Waals surface area contributed by atoms with Crippen LogP contribution in [0.4, 0.5) is 0 Å². The van der Waals surface area contributed by atoms with Gasteiger partial charge in [0.25, 0.3) is 0 Å². The normalized spacial score (nSPS) is 11.6. The molecule has 0 spiro atoms. The quantitative estimate of drug-likeness (QED) is 0.152. The van der Waals surface area contributed by atoms with Crippen molar-refractivity contribution in [3.8, 4) is 84.4 Å². The van der Waals surface area contributed by atoms with Crippen molar-refractivity contribution < 1.29 is 0 Å². The molecule has 0 radical (unpaired) electrons. The molecule has 0 aliphatic heterocycles. The van der Waals surface area contributed by atoms with E-state index in [0.717, 1.165) is 49.9 Å². The van der Waals surface area contributed by atoms with E-state index < -0.39 is 0 Å². The zero-order chi connectivity index (χ0) is 47.5. The van der Waals surface area contributed by atoms with Crippen LogP contribution in [0.15, 0.2) is 255 Å². The minimum absolute atomic E-state index is 0.622. The Kier molecular flexibility index (Phi) is 10.0. The Morgan fingerprint density at radius 1 is 0.278 bits per heavy atom. The molecule has 336 valence electrons. The van der Waals surface area contributed by atoms with Gasteiger partial charge in [-0.05, 0) is 117 Å². The fourth-order valence-corrected chi connectivity index (χ4v) is 11.7. The summed E-state index contributed by atoms with van der Waals surface area (Å²) in [6.07, 6.45) is 0. The molecular weight excluding hydrogens is 893 g/mol. The molecule has 11 aromatic carbocycles. The molecule has 14 rings (SSSR count). The van der Waals surface area contributed by atoms with Gasteiger partial charge in [-0.1, -0.05) is 188 Å². The summed E-state index contributed by atoms with van der Waals surface area (Å²) in [7, 11) is 0. The molecule has 0 aliphatic rings. The average Bonchev–Trinajstić information content (AvgIpc) is 4.00. The van der Waals surface area contributed by atoms with Gasteiger partial charge in [0.05, 0.1) is 16.7 Å². The second kappa shape index (κ2) is 17.3. The lowest BCUT2D eigenvalue weighted by Crippen LogP contribution is -2.00. The molecule has 0 saturated heterocycles. The van der Waals surface area contributed by atoms with Gasteiger partial charge in [0.15, 0.2) is 17.5 Å². The van der Waals surface area contributed by atoms with Gasteiger partial charge < -0.3 is 4.57 Å². The Balaban J connectivity index is 0.905. The van der Waals surface area contributed by atoms with Crippen LogP contribution in [0.5, 0.6) is 0 Å². The van der Waals surface area contributed by atoms with Gasteiger partial charge in [-0.3, -0.25) is 0 Å². The Labute approximate surface area is 420 Å². The van der Waals surface area contributed by atoms with Crippen molar-refractivity contribution in [2.45, 2.75) is 0 Å². The largest absolute Gasteiger partial charge is 0.309 e. The molecule has 0 saturated carbocycles. The number of fused-ring (bicyclic) bond motifs is 7. The highest BCUT2D eigenvalue weighted by molar-refractivity contribution is 7.26. The van der Waals surface area contributed by atoms with Crippen LogP contribution in [0.1, 0.15) is 0 Å². The fourth-order valence-electron chi connectivity index (χ4n) is 10.6. The topological polar surface area (TPSA) is 43.6 Å². The summed E-state index contributed by atoms with van der Waals surface area (Å²) in [5.41, 5.74) is 15.6. The van der Waals surface area contributed by atoms with E-state index in [1.165, 1.54) is 69.7 Å². The second-order valence-electron chi connectivity index (χ2n) is 18.4. The second-order valence-corrected chi connectivity index (χ2v) is 19.4. The molecule has 0 N–H and O–H groups in total. The summed E-state index contributed by atoms with van der Waals surface area (Å²) in [6.45, 7) is 0. The first-order valence-electron chi connectivity index (χ1n) is 24.3. The van der Waals surface area contributed by atoms with Crippen LogP contribution in [0, 0.1) is 0 Å². The molecule has 3 aromatic heterocycles. The smallest absolute Gasteiger partial charge is 0.164 e. The van der Waals surface area contributed by atoms with Gasteiger partial charge in [0.2, 0.25) is 0 Å². The summed E-state index contributed by atoms with van der Waals surface area (Å²) in [4.78, 5) is 15.9. The molecule has 0 bridgehead atoms. The van der Waals surface area contributed by atoms with Crippen LogP contribution in [0.3, 0.4) is 0 Å². The van der Waals surface area contributed by atoms with Gasteiger partial charge in [0, 0.05) is 53.0 Å². The first-order valence-corrected chi connectivity index (χ1v) is 25.1. The minimum atomic E-state index is 0.622. The maximum Gasteiger partial charge on any atom is 0.164 e. The van der Waals surface area contributed by atoms with E-state index in [9.17, 15) is 0 Å². The molecule has 72 heavy (non-hydrogen) atoms. The van der Waals surface area contributed by atoms with Gasteiger partial charge in [-0.2, -0.15) is 0 Å². The van der Waals surface area contributed by atoms with Crippen LogP contribution in [0.2, 0.25) is 0 Å². The molecule has 0 atom stereocenters. The lowest BCUT2D eigenvalue weighted by molar-refractivity contribution is 1.08. The lowest BCUT2D eigenvalue weighted by atomic mass is 9.93. The fraction of sp³-hybridized carbons (Fsp3) is 0. The summed E-state index contributed by atoms with van der Waals surface area (Å²) >= 11 is 1.81. The third kappa shape index (κ3) is 7.26. The molecule has 3 heterocycles. The van der Waals surface area contributed by atoms with Crippen molar-refractivity contribution in [1.29, 1.82) is 0 Å². The number of nitrogens with zero attached hydrogens (tertiary/aromatic N) is 4. The molecule has 0 amide bonds. The summed E-state index contributed by atoms with van der Waals surface area (Å²) in [5, 5.41) is 7.24. The molecule has 0 unspecified atom stereocenters. The highest BCUT2D eigenvalue weighted by Crippen LogP contribution is 2.43. The van der Waals surface area contributed by atoms with E-state index in [1.54, 1.807) is 11.3 Å². The average molecular weight is 935 g/mol. The number of rotatable bonds is 8. The first kappa shape index (κ1) is 41.7. The van der Waals surface area contributed by atoms with Gasteiger partial charge in [-0.15, -0.1) is 11.3 Å². The van der Waals surface area contributed by atoms with E-state index in [-0.39, 0.29) is 0 Å². The predicted molar refractivity (Wildman–Crippen MR) is 303 cm³/mol. The van der Waals surface area contributed by atoms with Crippen molar-refractivity contribution in [2.75, 3.05) is 0 Å². The van der Waals surface area contributed by atoms with E-state index in [1.807, 2.05) is 18.2 Å². The molecule has 14 aromatic rings. The van der Waals surface area contributed by atoms with Gasteiger partial charge in [-0.25, -0.2) is 15.0 Å². The zero-order valence-electron chi connectivity index (χ0n) is 38.9. The van der Waals surface area contributed by atoms with Crippen molar-refractivity contribution in [2.24, 2.45) is 0 Å². The summed E-state index contributed by atoms with van der Waals surface area (Å²) in [5.74, 6) is 1.89. The molecule has 4 nitrogen and oxygen atoms in total. The van der Waals surface area contributed by atoms with Crippen molar-refractivity contribution >= 4 is 64.1 Å². The van der Waals surface area contributed by atoms with Crippen LogP contribution in [0.25, 0.3) is 137 Å². The standard InChI is InChI=1S/C67H42N4S/c1-4-17-43(18-5-1)51-38-52(44-19-6-2-7-20-44)40-53(39-51)47-25-14-26-50(37-47)66-68-65(46-22-8-3-9-23-46)69-67(70-66)56-29-16-32-63-64(56)58-42-49(34-36-62(58)72-63)48-33-35-61-57(41-48)55-28-12-13-30-60(55)71(61)59-31-15-24-45-21-10-11-27-54(45)59/h1-42H. The van der Waals surface area contributed by atoms with E-state index in [4.69, 9.17) is 15.0 Å². The number of hydrogen-bond acceptors (Lipinski definition) is 4. The SMILES string of the molecule is c1ccc(-c2cc(-c3ccccc3)cc(-c3cccc(-c4nc(-c5ccccc5)nc(-c5cccc6sc7ccc(-c8ccc9c(c8)c8ccccc8n9-c8cccc9ccccc89)cc7c56)n4)c3)c2)cc1. The Bertz CT molecular complexity index is 4320. The summed E-state index contributed by atoms with van der Waals surface area (Å²) in [6, 6.07) is 91.3. The van der Waals surface area contributed by atoms with E-state index in [2.05, 4.69) is 241 Å². The molecule has 0 aliphatic carbocycles. The van der Waals surface area contributed by atoms with Crippen LogP contribution in [-0.2, 0) is 0 Å². The van der Waals surface area contributed by atoms with E-state index in [0.29, 0.717) is 17.5 Å².